The van der Waals surface area contributed by atoms with Crippen LogP contribution in [-0.4, -0.2) is 67.7 Å². The van der Waals surface area contributed by atoms with E-state index < -0.39 is 11.7 Å². The summed E-state index contributed by atoms with van der Waals surface area (Å²) in [5.74, 6) is 0.783. The van der Waals surface area contributed by atoms with Crippen molar-refractivity contribution in [2.45, 2.75) is 52.8 Å². The molecule has 0 saturated heterocycles. The molecule has 0 N–H and O–H groups in total. The highest BCUT2D eigenvalue weighted by Gasteiger charge is 2.26. The molecule has 0 atom stereocenters. The maximum atomic E-state index is 12.9. The molecule has 1 aromatic carbocycles. The molecule has 0 saturated carbocycles. The number of benzene rings is 1. The van der Waals surface area contributed by atoms with Gasteiger partial charge in [0.25, 0.3) is 0 Å². The monoisotopic (exact) mass is 676 g/mol. The van der Waals surface area contributed by atoms with Gasteiger partial charge in [0, 0.05) is 46.3 Å². The van der Waals surface area contributed by atoms with Crippen LogP contribution in [0.25, 0.3) is 39.3 Å². The van der Waals surface area contributed by atoms with Gasteiger partial charge in [-0.1, -0.05) is 41.4 Å². The van der Waals surface area contributed by atoms with E-state index in [0.717, 1.165) is 0 Å². The largest absolute Gasteiger partial charge is 0.493 e. The van der Waals surface area contributed by atoms with Crippen LogP contribution in [0.2, 0.25) is 10.0 Å². The molecule has 5 aromatic rings. The van der Waals surface area contributed by atoms with Gasteiger partial charge in [-0.3, -0.25) is 9.78 Å². The van der Waals surface area contributed by atoms with Crippen LogP contribution in [0.1, 0.15) is 50.8 Å². The molecule has 47 heavy (non-hydrogen) atoms. The summed E-state index contributed by atoms with van der Waals surface area (Å²) in [6.45, 7) is 9.58. The van der Waals surface area contributed by atoms with Gasteiger partial charge in [0.15, 0.2) is 17.7 Å². The van der Waals surface area contributed by atoms with Gasteiger partial charge < -0.3 is 19.1 Å². The van der Waals surface area contributed by atoms with Crippen LogP contribution in [-0.2, 0) is 11.3 Å². The summed E-state index contributed by atoms with van der Waals surface area (Å²) in [4.78, 5) is 39.3. The molecule has 0 aliphatic rings. The summed E-state index contributed by atoms with van der Waals surface area (Å²) >= 11 is 14.0. The minimum Gasteiger partial charge on any atom is -0.493 e. The van der Waals surface area contributed by atoms with Crippen LogP contribution >= 0.6 is 23.2 Å². The summed E-state index contributed by atoms with van der Waals surface area (Å²) in [7, 11) is 3.03. The molecule has 0 aliphatic heterocycles. The van der Waals surface area contributed by atoms with E-state index in [1.807, 2.05) is 65.0 Å². The fourth-order valence-corrected chi connectivity index (χ4v) is 5.62. The number of fused-ring (bicyclic) bond motifs is 1. The van der Waals surface area contributed by atoms with E-state index in [9.17, 15) is 9.59 Å². The lowest BCUT2D eigenvalue weighted by atomic mass is 10.00. The summed E-state index contributed by atoms with van der Waals surface area (Å²) < 4.78 is 18.2. The Labute approximate surface area is 282 Å². The molecule has 5 rings (SSSR count). The molecule has 0 unspecified atom stereocenters. The number of hydrogen-bond donors (Lipinski definition) is 0. The number of halogens is 2. The highest BCUT2D eigenvalue weighted by molar-refractivity contribution is 6.39. The van der Waals surface area contributed by atoms with Crippen molar-refractivity contribution in [3.05, 3.63) is 76.3 Å². The topological polar surface area (TPSA) is 121 Å². The molecule has 11 nitrogen and oxygen atoms in total. The van der Waals surface area contributed by atoms with Crippen LogP contribution in [0.4, 0.5) is 4.79 Å². The number of pyridine rings is 3. The molecule has 0 bridgehead atoms. The van der Waals surface area contributed by atoms with Crippen molar-refractivity contribution in [3.8, 4) is 45.3 Å². The van der Waals surface area contributed by atoms with Crippen LogP contribution in [0.3, 0.4) is 0 Å². The van der Waals surface area contributed by atoms with Crippen LogP contribution in [0, 0.1) is 0 Å². The summed E-state index contributed by atoms with van der Waals surface area (Å²) in [6.07, 6.45) is 3.45. The average Bonchev–Trinajstić information content (AvgIpc) is 3.46. The lowest BCUT2D eigenvalue weighted by molar-refractivity contribution is 0.0170. The van der Waals surface area contributed by atoms with E-state index in [4.69, 9.17) is 42.4 Å². The molecule has 244 valence electrons. The van der Waals surface area contributed by atoms with Gasteiger partial charge in [-0.05, 0) is 58.9 Å². The maximum absolute atomic E-state index is 12.9. The Morgan fingerprint density at radius 2 is 1.72 bits per heavy atom. The van der Waals surface area contributed by atoms with E-state index in [2.05, 4.69) is 15.1 Å². The number of ether oxygens (including phenoxy) is 3. The van der Waals surface area contributed by atoms with Crippen LogP contribution < -0.4 is 9.47 Å². The van der Waals surface area contributed by atoms with Gasteiger partial charge in [-0.2, -0.15) is 0 Å². The summed E-state index contributed by atoms with van der Waals surface area (Å²) in [5, 5.41) is 4.96. The minimum atomic E-state index is -0.629. The first kappa shape index (κ1) is 33.6. The minimum absolute atomic E-state index is 0.0235. The molecule has 0 radical (unpaired) electrons. The smallest absolute Gasteiger partial charge is 0.410 e. The normalized spacial score (nSPS) is 11.5. The molecule has 4 heterocycles. The Hall–Kier alpha value is -4.74. The van der Waals surface area contributed by atoms with E-state index in [0.29, 0.717) is 72.8 Å². The second kappa shape index (κ2) is 13.5. The van der Waals surface area contributed by atoms with Gasteiger partial charge in [-0.25, -0.2) is 19.3 Å². The number of aldehydes is 1. The molecular formula is C34H34Cl2N6O5. The number of aromatic nitrogens is 5. The van der Waals surface area contributed by atoms with Gasteiger partial charge in [0.05, 0.1) is 42.2 Å². The van der Waals surface area contributed by atoms with Gasteiger partial charge >= 0.3 is 6.09 Å². The van der Waals surface area contributed by atoms with Crippen molar-refractivity contribution in [1.29, 1.82) is 0 Å². The lowest BCUT2D eigenvalue weighted by Crippen LogP contribution is -2.40. The van der Waals surface area contributed by atoms with Gasteiger partial charge in [0.2, 0.25) is 11.7 Å². The lowest BCUT2D eigenvalue weighted by Gasteiger charge is -2.30. The van der Waals surface area contributed by atoms with Gasteiger partial charge in [0.1, 0.15) is 5.60 Å². The molecule has 4 aromatic heterocycles. The second-order valence-corrected chi connectivity index (χ2v) is 12.7. The first-order chi connectivity index (χ1) is 22.3. The third-order valence-corrected chi connectivity index (χ3v) is 7.98. The third kappa shape index (κ3) is 7.01. The summed E-state index contributed by atoms with van der Waals surface area (Å²) in [5.41, 5.74) is 4.06. The van der Waals surface area contributed by atoms with Gasteiger partial charge in [-0.15, -0.1) is 5.10 Å². The highest BCUT2D eigenvalue weighted by Crippen LogP contribution is 2.42. The Bertz CT molecular complexity index is 1970. The molecule has 0 aliphatic carbocycles. The number of hydrogen-bond acceptors (Lipinski definition) is 9. The van der Waals surface area contributed by atoms with Crippen molar-refractivity contribution in [2.24, 2.45) is 0 Å². The molecule has 0 spiro atoms. The fourth-order valence-electron chi connectivity index (χ4n) is 4.97. The Morgan fingerprint density at radius 3 is 2.38 bits per heavy atom. The van der Waals surface area contributed by atoms with Crippen molar-refractivity contribution in [3.63, 3.8) is 0 Å². The number of amides is 1. The summed E-state index contributed by atoms with van der Waals surface area (Å²) in [6, 6.07) is 12.7. The Balaban J connectivity index is 1.51. The number of rotatable bonds is 9. The molecular weight excluding hydrogens is 643 g/mol. The van der Waals surface area contributed by atoms with Crippen molar-refractivity contribution >= 4 is 41.2 Å². The predicted molar refractivity (Wildman–Crippen MR) is 180 cm³/mol. The molecule has 0 fully saturated rings. The number of carbonyl (C=O) groups is 2. The predicted octanol–water partition coefficient (Wildman–Crippen LogP) is 7.80. The fraction of sp³-hybridized carbons (Fsp3) is 0.294. The van der Waals surface area contributed by atoms with Crippen molar-refractivity contribution < 1.29 is 23.8 Å². The van der Waals surface area contributed by atoms with E-state index in [-0.39, 0.29) is 18.4 Å². The van der Waals surface area contributed by atoms with E-state index >= 15 is 0 Å². The zero-order valence-electron chi connectivity index (χ0n) is 27.0. The van der Waals surface area contributed by atoms with E-state index in [1.165, 1.54) is 18.7 Å². The Morgan fingerprint density at radius 1 is 1.00 bits per heavy atom. The third-order valence-electron chi connectivity index (χ3n) is 7.19. The zero-order chi connectivity index (χ0) is 34.0. The highest BCUT2D eigenvalue weighted by atomic mass is 35.5. The number of carbonyl (C=O) groups excluding carboxylic acids is 2. The maximum Gasteiger partial charge on any atom is 0.410 e. The first-order valence-electron chi connectivity index (χ1n) is 14.7. The van der Waals surface area contributed by atoms with Crippen molar-refractivity contribution in [1.82, 2.24) is 29.5 Å². The molecule has 1 amide bonds. The van der Waals surface area contributed by atoms with Crippen LogP contribution in [0.5, 0.6) is 11.6 Å². The number of methoxy groups -OCH3 is 2. The quantitative estimate of drug-likeness (QED) is 0.144. The SMILES string of the molecule is COc1nc(-c2cccc(-c3ccnc(-c4cc(OC)c5nc(C=O)nn5c4)c3Cl)c2Cl)ccc1CN(C(=O)OC(C)(C)C)C(C)C. The molecule has 13 heteroatoms. The number of nitrogens with zero attached hydrogens (tertiary/aromatic N) is 6. The van der Waals surface area contributed by atoms with E-state index in [1.54, 1.807) is 29.4 Å². The average molecular weight is 678 g/mol. The zero-order valence-corrected chi connectivity index (χ0v) is 28.6. The second-order valence-electron chi connectivity index (χ2n) is 11.9. The first-order valence-corrected chi connectivity index (χ1v) is 15.5. The van der Waals surface area contributed by atoms with Crippen molar-refractivity contribution in [2.75, 3.05) is 14.2 Å². The Kier molecular flexibility index (Phi) is 9.69. The van der Waals surface area contributed by atoms with Crippen LogP contribution in [0.15, 0.2) is 54.9 Å². The standard InChI is InChI=1S/C34H34Cl2N6O5/c1-19(2)41(33(44)47-34(3,4)5)16-20-11-12-25(38-32(20)46-7)24-10-8-9-22(28(24)35)23-13-14-37-30(29(23)36)21-15-26(45-6)31-39-27(18-43)40-42(31)17-21/h8-15,17-19H,16H2,1-7H3.